The van der Waals surface area contributed by atoms with E-state index in [4.69, 9.17) is 0 Å². The number of hydrogen-bond donors (Lipinski definition) is 0. The molecule has 0 bridgehead atoms. The Kier molecular flexibility index (Phi) is 2.91. The second kappa shape index (κ2) is 3.97. The monoisotopic (exact) mass is 146 g/mol. The molecule has 0 amide bonds. The lowest BCUT2D eigenvalue weighted by atomic mass is 10.2. The smallest absolute Gasteiger partial charge is 0.0139 e. The molecule has 0 saturated carbocycles. The molecule has 0 atom stereocenters. The van der Waals surface area contributed by atoms with Crippen LogP contribution < -0.4 is 0 Å². The lowest BCUT2D eigenvalue weighted by Crippen LogP contribution is -1.62. The Morgan fingerprint density at radius 1 is 1.00 bits per heavy atom. The van der Waals surface area contributed by atoms with Gasteiger partial charge in [-0.1, -0.05) is 47.5 Å². The predicted octanol–water partition coefficient (Wildman–Crippen LogP) is 3.33. The highest BCUT2D eigenvalue weighted by Crippen LogP contribution is 2.14. The van der Waals surface area contributed by atoms with E-state index in [0.29, 0.717) is 0 Å². The van der Waals surface area contributed by atoms with Crippen LogP contribution in [0.2, 0.25) is 0 Å². The van der Waals surface area contributed by atoms with Crippen molar-refractivity contribution in [1.29, 1.82) is 0 Å². The molecule has 1 aromatic rings. The van der Waals surface area contributed by atoms with Gasteiger partial charge in [-0.15, -0.1) is 0 Å². The molecule has 0 spiro atoms. The minimum absolute atomic E-state index is 1.28. The second-order valence-electron chi connectivity index (χ2n) is 2.91. The quantitative estimate of drug-likeness (QED) is 0.492. The maximum Gasteiger partial charge on any atom is -0.0139 e. The summed E-state index contributed by atoms with van der Waals surface area (Å²) in [5.74, 6) is 0. The first-order chi connectivity index (χ1) is 5.29. The van der Waals surface area contributed by atoms with Crippen molar-refractivity contribution < 1.29 is 0 Å². The summed E-state index contributed by atoms with van der Waals surface area (Å²) in [6.07, 6.45) is 3.49. The Balaban J connectivity index is 0.000000128. The Morgan fingerprint density at radius 3 is 1.64 bits per heavy atom. The van der Waals surface area contributed by atoms with Crippen LogP contribution in [0.5, 0.6) is 0 Å². The average Bonchev–Trinajstić information content (AvgIpc) is 2.75. The summed E-state index contributed by atoms with van der Waals surface area (Å²) in [6.45, 7) is 4.22. The molecule has 1 aromatic carbocycles. The van der Waals surface area contributed by atoms with Crippen molar-refractivity contribution in [3.05, 3.63) is 47.5 Å². The van der Waals surface area contributed by atoms with Crippen LogP contribution in [-0.4, -0.2) is 0 Å². The first-order valence-corrected chi connectivity index (χ1v) is 3.96. The molecule has 58 valence electrons. The van der Waals surface area contributed by atoms with Crippen LogP contribution in [0.15, 0.2) is 42.0 Å². The maximum absolute atomic E-state index is 2.21. The van der Waals surface area contributed by atoms with Gasteiger partial charge in [0.05, 0.1) is 0 Å². The maximum atomic E-state index is 2.21. The van der Waals surface area contributed by atoms with Gasteiger partial charge in [-0.3, -0.25) is 0 Å². The topological polar surface area (TPSA) is 0 Å². The molecule has 1 aliphatic carbocycles. The van der Waals surface area contributed by atoms with E-state index in [0.717, 1.165) is 0 Å². The molecule has 0 N–H and O–H groups in total. The van der Waals surface area contributed by atoms with Gasteiger partial charge in [0.15, 0.2) is 0 Å². The van der Waals surface area contributed by atoms with Gasteiger partial charge in [0.2, 0.25) is 0 Å². The van der Waals surface area contributed by atoms with E-state index in [1.165, 1.54) is 12.0 Å². The molecule has 0 heteroatoms. The third-order valence-corrected chi connectivity index (χ3v) is 1.55. The molecule has 0 nitrogen and oxygen atoms in total. The Bertz CT molecular complexity index is 231. The van der Waals surface area contributed by atoms with Crippen molar-refractivity contribution >= 4 is 0 Å². The van der Waals surface area contributed by atoms with Crippen molar-refractivity contribution in [1.82, 2.24) is 0 Å². The van der Waals surface area contributed by atoms with Gasteiger partial charge >= 0.3 is 0 Å². The third kappa shape index (κ3) is 4.38. The Morgan fingerprint density at radius 2 is 1.45 bits per heavy atom. The molecule has 0 unspecified atom stereocenters. The molecule has 1 aliphatic rings. The molecule has 0 heterocycles. The summed E-state index contributed by atoms with van der Waals surface area (Å²) < 4.78 is 0. The van der Waals surface area contributed by atoms with E-state index < -0.39 is 0 Å². The fraction of sp³-hybridized carbons (Fsp3) is 0.273. The third-order valence-electron chi connectivity index (χ3n) is 1.55. The van der Waals surface area contributed by atoms with Gasteiger partial charge in [0, 0.05) is 0 Å². The molecule has 0 aromatic heterocycles. The van der Waals surface area contributed by atoms with Crippen LogP contribution in [0.1, 0.15) is 18.9 Å². The van der Waals surface area contributed by atoms with Gasteiger partial charge < -0.3 is 0 Å². The van der Waals surface area contributed by atoms with Crippen molar-refractivity contribution in [2.24, 2.45) is 0 Å². The Labute approximate surface area is 68.6 Å². The van der Waals surface area contributed by atoms with Crippen LogP contribution in [0.25, 0.3) is 0 Å². The largest absolute Gasteiger partial charge is 0.0812 e. The van der Waals surface area contributed by atoms with Gasteiger partial charge in [-0.05, 0) is 20.3 Å². The summed E-state index contributed by atoms with van der Waals surface area (Å²) >= 11 is 0. The highest BCUT2D eigenvalue weighted by molar-refractivity contribution is 5.17. The van der Waals surface area contributed by atoms with E-state index in [1.807, 2.05) is 18.2 Å². The lowest BCUT2D eigenvalue weighted by molar-refractivity contribution is 1.48. The highest BCUT2D eigenvalue weighted by atomic mass is 14.0. The van der Waals surface area contributed by atoms with Crippen molar-refractivity contribution in [3.63, 3.8) is 0 Å². The zero-order valence-corrected chi connectivity index (χ0v) is 7.17. The van der Waals surface area contributed by atoms with Crippen LogP contribution in [-0.2, 0) is 0 Å². The number of rotatable bonds is 0. The van der Waals surface area contributed by atoms with Crippen molar-refractivity contribution in [2.45, 2.75) is 20.3 Å². The molecule has 0 saturated heterocycles. The van der Waals surface area contributed by atoms with E-state index >= 15 is 0 Å². The molecule has 11 heavy (non-hydrogen) atoms. The number of hydrogen-bond acceptors (Lipinski definition) is 0. The van der Waals surface area contributed by atoms with Gasteiger partial charge in [-0.25, -0.2) is 0 Å². The summed E-state index contributed by atoms with van der Waals surface area (Å²) in [7, 11) is 0. The molecule has 2 rings (SSSR count). The highest BCUT2D eigenvalue weighted by Gasteiger charge is 1.94. The predicted molar refractivity (Wildman–Crippen MR) is 49.6 cm³/mol. The normalized spacial score (nSPS) is 12.7. The average molecular weight is 146 g/mol. The zero-order chi connectivity index (χ0) is 8.10. The van der Waals surface area contributed by atoms with E-state index in [-0.39, 0.29) is 0 Å². The zero-order valence-electron chi connectivity index (χ0n) is 7.17. The first kappa shape index (κ1) is 8.06. The standard InChI is InChI=1S/C7H8.C4H6/c1-7-5-3-2-4-6-7;1-4-2-3-4/h2-6H,1H3;2H,3H2,1H3. The van der Waals surface area contributed by atoms with Gasteiger partial charge in [0.25, 0.3) is 0 Å². The minimum Gasteiger partial charge on any atom is -0.0812 e. The summed E-state index contributed by atoms with van der Waals surface area (Å²) in [5, 5.41) is 0. The number of benzene rings is 1. The first-order valence-electron chi connectivity index (χ1n) is 3.96. The van der Waals surface area contributed by atoms with Gasteiger partial charge in [-0.2, -0.15) is 0 Å². The molecular formula is C11H14. The van der Waals surface area contributed by atoms with Crippen molar-refractivity contribution in [3.8, 4) is 0 Å². The van der Waals surface area contributed by atoms with E-state index in [9.17, 15) is 0 Å². The molecular weight excluding hydrogens is 132 g/mol. The fourth-order valence-electron chi connectivity index (χ4n) is 0.636. The summed E-state index contributed by atoms with van der Waals surface area (Å²) in [5.41, 5.74) is 2.86. The number of aryl methyl sites for hydroxylation is 1. The van der Waals surface area contributed by atoms with Crippen LogP contribution in [0, 0.1) is 6.92 Å². The van der Waals surface area contributed by atoms with Crippen LogP contribution in [0.3, 0.4) is 0 Å². The molecule has 0 aliphatic heterocycles. The number of allylic oxidation sites excluding steroid dienone is 2. The summed E-state index contributed by atoms with van der Waals surface area (Å²) in [6, 6.07) is 10.3. The van der Waals surface area contributed by atoms with Crippen molar-refractivity contribution in [2.75, 3.05) is 0 Å². The Hall–Kier alpha value is -1.04. The molecule has 0 radical (unpaired) electrons. The minimum atomic E-state index is 1.28. The molecule has 0 fully saturated rings. The fourth-order valence-corrected chi connectivity index (χ4v) is 0.636. The lowest BCUT2D eigenvalue weighted by Gasteiger charge is -1.82. The second-order valence-corrected chi connectivity index (χ2v) is 2.91. The van der Waals surface area contributed by atoms with Gasteiger partial charge in [0.1, 0.15) is 0 Å². The van der Waals surface area contributed by atoms with E-state index in [1.54, 1.807) is 5.57 Å². The summed E-state index contributed by atoms with van der Waals surface area (Å²) in [4.78, 5) is 0. The van der Waals surface area contributed by atoms with E-state index in [2.05, 4.69) is 32.1 Å². The SMILES string of the molecule is CC1=CC1.Cc1ccccc1. The van der Waals surface area contributed by atoms with Crippen LogP contribution in [0.4, 0.5) is 0 Å². The van der Waals surface area contributed by atoms with Crippen LogP contribution >= 0.6 is 0 Å².